The van der Waals surface area contributed by atoms with Crippen LogP contribution in [-0.2, 0) is 13.2 Å². The van der Waals surface area contributed by atoms with Crippen LogP contribution in [0, 0.1) is 0 Å². The second-order valence-corrected chi connectivity index (χ2v) is 7.51. The number of hydrogen-bond acceptors (Lipinski definition) is 5. The number of nitrogens with one attached hydrogen (secondary N) is 1. The van der Waals surface area contributed by atoms with Crippen LogP contribution in [0.4, 0.5) is 5.82 Å². The zero-order chi connectivity index (χ0) is 21.5. The van der Waals surface area contributed by atoms with Gasteiger partial charge in [-0.1, -0.05) is 36.4 Å². The minimum Gasteiger partial charge on any atom is -0.493 e. The Morgan fingerprint density at radius 3 is 2.58 bits per heavy atom. The van der Waals surface area contributed by atoms with Crippen LogP contribution in [0.2, 0.25) is 0 Å². The third kappa shape index (κ3) is 5.15. The molecule has 0 atom stereocenters. The molecule has 1 saturated heterocycles. The monoisotopic (exact) mass is 417 g/mol. The maximum Gasteiger partial charge on any atom is 0.255 e. The molecule has 1 amide bonds. The van der Waals surface area contributed by atoms with Crippen LogP contribution in [0.5, 0.6) is 11.5 Å². The minimum absolute atomic E-state index is 0.127. The molecule has 160 valence electrons. The Bertz CT molecular complexity index is 1020. The summed E-state index contributed by atoms with van der Waals surface area (Å²) in [7, 11) is 1.62. The SMILES string of the molecule is COc1cc(CNC(=O)c2cccnc2N2CCCC2)ccc1OCc1ccccc1. The van der Waals surface area contributed by atoms with Crippen LogP contribution >= 0.6 is 0 Å². The van der Waals surface area contributed by atoms with E-state index in [1.54, 1.807) is 19.4 Å². The smallest absolute Gasteiger partial charge is 0.255 e. The summed E-state index contributed by atoms with van der Waals surface area (Å²) in [4.78, 5) is 19.5. The van der Waals surface area contributed by atoms with Crippen LogP contribution in [-0.4, -0.2) is 31.1 Å². The average molecular weight is 418 g/mol. The van der Waals surface area contributed by atoms with Gasteiger partial charge >= 0.3 is 0 Å². The molecule has 1 N–H and O–H groups in total. The predicted octanol–water partition coefficient (Wildman–Crippen LogP) is 4.20. The number of aromatic nitrogens is 1. The van der Waals surface area contributed by atoms with Gasteiger partial charge in [0.25, 0.3) is 5.91 Å². The molecule has 1 aromatic heterocycles. The summed E-state index contributed by atoms with van der Waals surface area (Å²) in [6.07, 6.45) is 4.01. The van der Waals surface area contributed by atoms with Crippen molar-refractivity contribution < 1.29 is 14.3 Å². The fourth-order valence-corrected chi connectivity index (χ4v) is 3.71. The molecule has 6 nitrogen and oxygen atoms in total. The van der Waals surface area contributed by atoms with E-state index >= 15 is 0 Å². The minimum atomic E-state index is -0.127. The summed E-state index contributed by atoms with van der Waals surface area (Å²) < 4.78 is 11.4. The van der Waals surface area contributed by atoms with Gasteiger partial charge in [0.05, 0.1) is 12.7 Å². The molecular formula is C25H27N3O3. The Balaban J connectivity index is 1.40. The lowest BCUT2D eigenvalue weighted by Crippen LogP contribution is -2.28. The van der Waals surface area contributed by atoms with Crippen molar-refractivity contribution in [3.05, 3.63) is 83.6 Å². The standard InChI is InChI=1S/C25H27N3O3/c1-30-23-16-20(11-12-22(23)31-18-19-8-3-2-4-9-19)17-27-25(29)21-10-7-13-26-24(21)28-14-5-6-15-28/h2-4,7-13,16H,5-6,14-15,17-18H2,1H3,(H,27,29). The molecule has 31 heavy (non-hydrogen) atoms. The highest BCUT2D eigenvalue weighted by Crippen LogP contribution is 2.29. The van der Waals surface area contributed by atoms with E-state index in [9.17, 15) is 4.79 Å². The van der Waals surface area contributed by atoms with Gasteiger partial charge in [-0.05, 0) is 48.2 Å². The molecule has 4 rings (SSSR count). The number of carbonyl (C=O) groups excluding carboxylic acids is 1. The summed E-state index contributed by atoms with van der Waals surface area (Å²) in [6.45, 7) is 2.74. The van der Waals surface area contributed by atoms with Gasteiger partial charge in [0.2, 0.25) is 0 Å². The molecule has 3 aromatic rings. The van der Waals surface area contributed by atoms with Crippen molar-refractivity contribution in [1.29, 1.82) is 0 Å². The molecule has 2 aromatic carbocycles. The lowest BCUT2D eigenvalue weighted by molar-refractivity contribution is 0.0951. The Morgan fingerprint density at radius 2 is 1.81 bits per heavy atom. The molecule has 2 heterocycles. The van der Waals surface area contributed by atoms with Gasteiger partial charge in [-0.25, -0.2) is 4.98 Å². The van der Waals surface area contributed by atoms with E-state index in [-0.39, 0.29) is 5.91 Å². The van der Waals surface area contributed by atoms with Crippen molar-refractivity contribution in [2.45, 2.75) is 26.0 Å². The van der Waals surface area contributed by atoms with Gasteiger partial charge < -0.3 is 19.7 Å². The fourth-order valence-electron chi connectivity index (χ4n) is 3.71. The summed E-state index contributed by atoms with van der Waals surface area (Å²) in [5.74, 6) is 1.95. The van der Waals surface area contributed by atoms with Gasteiger partial charge in [-0.3, -0.25) is 4.79 Å². The second kappa shape index (κ2) is 9.98. The third-order valence-corrected chi connectivity index (χ3v) is 5.36. The summed E-state index contributed by atoms with van der Waals surface area (Å²) >= 11 is 0. The first kappa shape index (κ1) is 20.7. The van der Waals surface area contributed by atoms with Crippen molar-refractivity contribution in [3.63, 3.8) is 0 Å². The summed E-state index contributed by atoms with van der Waals surface area (Å²) in [5, 5.41) is 3.01. The molecule has 0 saturated carbocycles. The topological polar surface area (TPSA) is 63.7 Å². The van der Waals surface area contributed by atoms with Gasteiger partial charge in [-0.2, -0.15) is 0 Å². The molecule has 0 radical (unpaired) electrons. The number of carbonyl (C=O) groups is 1. The highest BCUT2D eigenvalue weighted by Gasteiger charge is 2.20. The highest BCUT2D eigenvalue weighted by atomic mass is 16.5. The van der Waals surface area contributed by atoms with Gasteiger partial charge in [0.15, 0.2) is 11.5 Å². The Morgan fingerprint density at radius 1 is 1.00 bits per heavy atom. The van der Waals surface area contributed by atoms with Crippen LogP contribution in [0.3, 0.4) is 0 Å². The quantitative estimate of drug-likeness (QED) is 0.595. The molecule has 1 fully saturated rings. The van der Waals surface area contributed by atoms with E-state index in [0.717, 1.165) is 42.9 Å². The lowest BCUT2D eigenvalue weighted by atomic mass is 10.1. The van der Waals surface area contributed by atoms with Gasteiger partial charge in [0, 0.05) is 25.8 Å². The highest BCUT2D eigenvalue weighted by molar-refractivity contribution is 5.98. The fraction of sp³-hybridized carbons (Fsp3) is 0.280. The maximum absolute atomic E-state index is 12.8. The number of pyridine rings is 1. The number of methoxy groups -OCH3 is 1. The average Bonchev–Trinajstić information content (AvgIpc) is 3.37. The maximum atomic E-state index is 12.8. The number of rotatable bonds is 8. The molecule has 0 unspecified atom stereocenters. The summed E-state index contributed by atoms with van der Waals surface area (Å²) in [6, 6.07) is 19.3. The number of ether oxygens (including phenoxy) is 2. The second-order valence-electron chi connectivity index (χ2n) is 7.51. The molecule has 1 aliphatic heterocycles. The van der Waals surface area contributed by atoms with E-state index in [2.05, 4.69) is 15.2 Å². The third-order valence-electron chi connectivity index (χ3n) is 5.36. The van der Waals surface area contributed by atoms with E-state index in [0.29, 0.717) is 30.2 Å². The number of hydrogen-bond donors (Lipinski definition) is 1. The Labute approximate surface area is 182 Å². The molecule has 6 heteroatoms. The largest absolute Gasteiger partial charge is 0.493 e. The number of amides is 1. The van der Waals surface area contributed by atoms with E-state index < -0.39 is 0 Å². The molecule has 0 spiro atoms. The molecular weight excluding hydrogens is 390 g/mol. The van der Waals surface area contributed by atoms with Crippen molar-refractivity contribution in [3.8, 4) is 11.5 Å². The van der Waals surface area contributed by atoms with E-state index in [1.165, 1.54) is 0 Å². The summed E-state index contributed by atoms with van der Waals surface area (Å²) in [5.41, 5.74) is 2.63. The lowest BCUT2D eigenvalue weighted by Gasteiger charge is -2.19. The predicted molar refractivity (Wildman–Crippen MR) is 121 cm³/mol. The first-order chi connectivity index (χ1) is 15.2. The van der Waals surface area contributed by atoms with Gasteiger partial charge in [0.1, 0.15) is 12.4 Å². The van der Waals surface area contributed by atoms with Crippen LogP contribution in [0.15, 0.2) is 66.9 Å². The number of benzene rings is 2. The molecule has 0 aliphatic carbocycles. The number of nitrogens with zero attached hydrogens (tertiary/aromatic N) is 2. The molecule has 1 aliphatic rings. The van der Waals surface area contributed by atoms with Crippen LogP contribution in [0.1, 0.15) is 34.3 Å². The Hall–Kier alpha value is -3.54. The first-order valence-electron chi connectivity index (χ1n) is 10.6. The van der Waals surface area contributed by atoms with E-state index in [1.807, 2.05) is 54.6 Å². The van der Waals surface area contributed by atoms with Crippen molar-refractivity contribution >= 4 is 11.7 Å². The number of anilines is 1. The van der Waals surface area contributed by atoms with Crippen LogP contribution in [0.25, 0.3) is 0 Å². The van der Waals surface area contributed by atoms with Crippen LogP contribution < -0.4 is 19.7 Å². The first-order valence-corrected chi connectivity index (χ1v) is 10.6. The van der Waals surface area contributed by atoms with Gasteiger partial charge in [-0.15, -0.1) is 0 Å². The zero-order valence-corrected chi connectivity index (χ0v) is 17.7. The zero-order valence-electron chi connectivity index (χ0n) is 17.7. The van der Waals surface area contributed by atoms with E-state index in [4.69, 9.17) is 9.47 Å². The van der Waals surface area contributed by atoms with Crippen molar-refractivity contribution in [2.75, 3.05) is 25.1 Å². The molecule has 0 bridgehead atoms. The Kier molecular flexibility index (Phi) is 6.67. The van der Waals surface area contributed by atoms with Crippen molar-refractivity contribution in [2.24, 2.45) is 0 Å². The van der Waals surface area contributed by atoms with Crippen molar-refractivity contribution in [1.82, 2.24) is 10.3 Å². The normalized spacial score (nSPS) is 13.1.